The summed E-state index contributed by atoms with van der Waals surface area (Å²) in [6.45, 7) is 1.20. The Bertz CT molecular complexity index is 457. The number of hydrogen-bond donors (Lipinski definition) is 2. The van der Waals surface area contributed by atoms with Crippen molar-refractivity contribution in [3.8, 4) is 0 Å². The van der Waals surface area contributed by atoms with Gasteiger partial charge in [0.05, 0.1) is 4.92 Å². The Kier molecular flexibility index (Phi) is 4.80. The number of nitro groups is 1. The molecule has 8 heteroatoms. The van der Waals surface area contributed by atoms with Crippen LogP contribution in [-0.2, 0) is 0 Å². The molecule has 0 aliphatic rings. The number of alkyl halides is 2. The second kappa shape index (κ2) is 5.92. The molecule has 1 atom stereocenters. The molecule has 0 aliphatic heterocycles. The van der Waals surface area contributed by atoms with Gasteiger partial charge in [-0.2, -0.15) is 0 Å². The topological polar surface area (TPSA) is 75.4 Å². The number of rotatable bonds is 5. The lowest BCUT2D eigenvalue weighted by Gasteiger charge is -2.13. The van der Waals surface area contributed by atoms with Crippen molar-refractivity contribution < 1.29 is 18.8 Å². The number of aliphatic hydroxyl groups is 1. The molecule has 0 saturated carbocycles. The summed E-state index contributed by atoms with van der Waals surface area (Å²) in [5.41, 5.74) is 0.590. The first-order valence-electron chi connectivity index (χ1n) is 4.97. The minimum absolute atomic E-state index is 0.0976. The summed E-state index contributed by atoms with van der Waals surface area (Å²) in [7, 11) is 0. The molecule has 0 amide bonds. The van der Waals surface area contributed by atoms with Crippen LogP contribution in [0.1, 0.15) is 5.56 Å². The van der Waals surface area contributed by atoms with Gasteiger partial charge in [0, 0.05) is 18.3 Å². The summed E-state index contributed by atoms with van der Waals surface area (Å²) >= 11 is 5.68. The van der Waals surface area contributed by atoms with Crippen molar-refractivity contribution in [2.24, 2.45) is 0 Å². The molecule has 0 saturated heterocycles. The molecule has 2 N–H and O–H groups in total. The largest absolute Gasteiger partial charge is 0.385 e. The second-order valence-corrected chi connectivity index (χ2v) is 4.07. The van der Waals surface area contributed by atoms with Crippen molar-refractivity contribution >= 4 is 23.0 Å². The zero-order chi connectivity index (χ0) is 13.9. The van der Waals surface area contributed by atoms with Gasteiger partial charge in [-0.1, -0.05) is 11.6 Å². The van der Waals surface area contributed by atoms with Gasteiger partial charge in [0.2, 0.25) is 0 Å². The first-order valence-corrected chi connectivity index (χ1v) is 5.35. The van der Waals surface area contributed by atoms with Gasteiger partial charge in [0.15, 0.2) is 0 Å². The van der Waals surface area contributed by atoms with E-state index in [0.717, 1.165) is 0 Å². The number of aryl methyl sites for hydroxylation is 1. The number of nitrogens with zero attached hydrogens (tertiary/aromatic N) is 1. The fraction of sp³-hybridized carbons (Fsp3) is 0.400. The van der Waals surface area contributed by atoms with Crippen LogP contribution >= 0.6 is 11.6 Å². The molecule has 0 bridgehead atoms. The van der Waals surface area contributed by atoms with E-state index >= 15 is 0 Å². The van der Waals surface area contributed by atoms with Crippen molar-refractivity contribution in [2.75, 3.05) is 11.9 Å². The highest BCUT2D eigenvalue weighted by atomic mass is 35.5. The zero-order valence-corrected chi connectivity index (χ0v) is 10.1. The number of hydrogen-bond acceptors (Lipinski definition) is 4. The molecule has 0 fully saturated rings. The van der Waals surface area contributed by atoms with Gasteiger partial charge in [-0.15, -0.1) is 0 Å². The van der Waals surface area contributed by atoms with E-state index in [0.29, 0.717) is 11.3 Å². The van der Waals surface area contributed by atoms with Crippen molar-refractivity contribution in [1.29, 1.82) is 0 Å². The lowest BCUT2D eigenvalue weighted by atomic mass is 10.1. The van der Waals surface area contributed by atoms with Crippen LogP contribution < -0.4 is 5.32 Å². The molecule has 0 heterocycles. The third kappa shape index (κ3) is 3.51. The van der Waals surface area contributed by atoms with Gasteiger partial charge >= 0.3 is 0 Å². The minimum Gasteiger partial charge on any atom is -0.385 e. The Morgan fingerprint density at radius 1 is 1.56 bits per heavy atom. The Balaban J connectivity index is 2.85. The summed E-state index contributed by atoms with van der Waals surface area (Å²) in [4.78, 5) is 9.97. The molecule has 0 aliphatic carbocycles. The van der Waals surface area contributed by atoms with E-state index in [9.17, 15) is 18.9 Å². The first kappa shape index (κ1) is 14.6. The molecule has 5 nitrogen and oxygen atoms in total. The van der Waals surface area contributed by atoms with Crippen molar-refractivity contribution in [2.45, 2.75) is 19.5 Å². The average Bonchev–Trinajstić information content (AvgIpc) is 2.28. The van der Waals surface area contributed by atoms with Gasteiger partial charge in [0.25, 0.3) is 12.1 Å². The summed E-state index contributed by atoms with van der Waals surface area (Å²) < 4.78 is 24.2. The Morgan fingerprint density at radius 2 is 2.17 bits per heavy atom. The number of aliphatic hydroxyl groups excluding tert-OH is 1. The van der Waals surface area contributed by atoms with Crippen LogP contribution in [-0.4, -0.2) is 29.1 Å². The quantitative estimate of drug-likeness (QED) is 0.642. The molecular weight excluding hydrogens is 270 g/mol. The molecule has 1 rings (SSSR count). The number of anilines is 1. The first-order chi connectivity index (χ1) is 8.32. The highest BCUT2D eigenvalue weighted by Crippen LogP contribution is 2.30. The molecule has 18 heavy (non-hydrogen) atoms. The predicted octanol–water partition coefficient (Wildman–Crippen LogP) is 2.59. The third-order valence-electron chi connectivity index (χ3n) is 2.28. The van der Waals surface area contributed by atoms with E-state index in [4.69, 9.17) is 16.7 Å². The fourth-order valence-corrected chi connectivity index (χ4v) is 1.53. The van der Waals surface area contributed by atoms with Crippen LogP contribution in [0.2, 0.25) is 5.02 Å². The third-order valence-corrected chi connectivity index (χ3v) is 2.59. The van der Waals surface area contributed by atoms with E-state index in [1.807, 2.05) is 0 Å². The lowest BCUT2D eigenvalue weighted by Crippen LogP contribution is -2.27. The Hall–Kier alpha value is -1.47. The van der Waals surface area contributed by atoms with Gasteiger partial charge in [0.1, 0.15) is 11.1 Å². The van der Waals surface area contributed by atoms with Crippen LogP contribution in [0.5, 0.6) is 0 Å². The number of nitrogens with one attached hydrogen (secondary N) is 1. The smallest absolute Gasteiger partial charge is 0.288 e. The maximum Gasteiger partial charge on any atom is 0.288 e. The van der Waals surface area contributed by atoms with Crippen LogP contribution in [0, 0.1) is 17.0 Å². The molecule has 0 spiro atoms. The zero-order valence-electron chi connectivity index (χ0n) is 9.36. The van der Waals surface area contributed by atoms with Gasteiger partial charge in [-0.3, -0.25) is 10.1 Å². The van der Waals surface area contributed by atoms with Crippen molar-refractivity contribution in [3.63, 3.8) is 0 Å². The molecule has 100 valence electrons. The number of nitro benzene ring substituents is 1. The molecule has 1 unspecified atom stereocenters. The van der Waals surface area contributed by atoms with E-state index in [2.05, 4.69) is 5.32 Å². The maximum atomic E-state index is 12.1. The second-order valence-electron chi connectivity index (χ2n) is 3.66. The van der Waals surface area contributed by atoms with E-state index in [-0.39, 0.29) is 17.3 Å². The fourth-order valence-electron chi connectivity index (χ4n) is 1.30. The lowest BCUT2D eigenvalue weighted by molar-refractivity contribution is -0.384. The number of benzene rings is 1. The summed E-state index contributed by atoms with van der Waals surface area (Å²) in [5.74, 6) is 0. The molecule has 0 radical (unpaired) electrons. The standard InChI is InChI=1S/C10H11ClF2N2O3/c1-5-2-8(15(17)18)6(11)3-7(5)14-4-9(16)10(12)13/h2-3,9-10,14,16H,4H2,1H3. The molecule has 1 aromatic rings. The normalized spacial score (nSPS) is 12.6. The number of halogens is 3. The van der Waals surface area contributed by atoms with Crippen LogP contribution in [0.4, 0.5) is 20.2 Å². The Labute approximate surface area is 107 Å². The van der Waals surface area contributed by atoms with Gasteiger partial charge in [-0.05, 0) is 18.6 Å². The van der Waals surface area contributed by atoms with E-state index in [1.54, 1.807) is 6.92 Å². The minimum atomic E-state index is -2.86. The monoisotopic (exact) mass is 280 g/mol. The summed E-state index contributed by atoms with van der Waals surface area (Å²) in [6, 6.07) is 2.51. The predicted molar refractivity (Wildman–Crippen MR) is 63.3 cm³/mol. The summed E-state index contributed by atoms with van der Waals surface area (Å²) in [6.07, 6.45) is -4.66. The van der Waals surface area contributed by atoms with Crippen LogP contribution in [0.15, 0.2) is 12.1 Å². The van der Waals surface area contributed by atoms with Gasteiger partial charge in [-0.25, -0.2) is 8.78 Å². The van der Waals surface area contributed by atoms with Crippen LogP contribution in [0.25, 0.3) is 0 Å². The average molecular weight is 281 g/mol. The van der Waals surface area contributed by atoms with Crippen molar-refractivity contribution in [3.05, 3.63) is 32.8 Å². The van der Waals surface area contributed by atoms with E-state index < -0.39 is 17.5 Å². The molecular formula is C10H11ClF2N2O3. The van der Waals surface area contributed by atoms with Crippen molar-refractivity contribution in [1.82, 2.24) is 0 Å². The molecule has 1 aromatic carbocycles. The van der Waals surface area contributed by atoms with E-state index in [1.165, 1.54) is 12.1 Å². The van der Waals surface area contributed by atoms with Gasteiger partial charge < -0.3 is 10.4 Å². The Morgan fingerprint density at radius 3 is 2.67 bits per heavy atom. The maximum absolute atomic E-state index is 12.1. The highest BCUT2D eigenvalue weighted by Gasteiger charge is 2.18. The summed E-state index contributed by atoms with van der Waals surface area (Å²) in [5, 5.41) is 22.0. The van der Waals surface area contributed by atoms with Crippen LogP contribution in [0.3, 0.4) is 0 Å². The highest BCUT2D eigenvalue weighted by molar-refractivity contribution is 6.33. The molecule has 0 aromatic heterocycles. The SMILES string of the molecule is Cc1cc([N+](=O)[O-])c(Cl)cc1NCC(O)C(F)F.